The molecular weight excluding hydrogens is 328 g/mol. The normalized spacial score (nSPS) is 10.9. The van der Waals surface area contributed by atoms with Crippen LogP contribution in [0.1, 0.15) is 22.3 Å². The first-order valence-corrected chi connectivity index (χ1v) is 9.37. The Hall–Kier alpha value is -3.13. The minimum absolute atomic E-state index is 0.761. The molecular formula is C25H24N2. The van der Waals surface area contributed by atoms with Crippen molar-refractivity contribution in [2.24, 2.45) is 0 Å². The van der Waals surface area contributed by atoms with Crippen LogP contribution in [0.5, 0.6) is 0 Å². The van der Waals surface area contributed by atoms with Crippen LogP contribution in [0.15, 0.2) is 78.9 Å². The first-order valence-electron chi connectivity index (χ1n) is 9.37. The number of benzene rings is 3. The van der Waals surface area contributed by atoms with Crippen LogP contribution < -0.4 is 0 Å². The van der Waals surface area contributed by atoms with Gasteiger partial charge in [-0.25, -0.2) is 0 Å². The average molecular weight is 352 g/mol. The van der Waals surface area contributed by atoms with Crippen molar-refractivity contribution in [3.05, 3.63) is 101 Å². The first-order chi connectivity index (χ1) is 13.1. The second-order valence-corrected chi connectivity index (χ2v) is 7.20. The van der Waals surface area contributed by atoms with Crippen LogP contribution in [0.2, 0.25) is 0 Å². The summed E-state index contributed by atoms with van der Waals surface area (Å²) in [7, 11) is 0. The zero-order valence-corrected chi connectivity index (χ0v) is 16.1. The SMILES string of the molecule is Cc1cccc(-c2nn(Cc3ccccc3)c(-c3cccc(C)c3)c2C)c1. The van der Waals surface area contributed by atoms with Gasteiger partial charge in [0.05, 0.1) is 17.9 Å². The van der Waals surface area contributed by atoms with E-state index in [0.29, 0.717) is 0 Å². The Bertz CT molecular complexity index is 1070. The lowest BCUT2D eigenvalue weighted by Gasteiger charge is -2.09. The molecule has 27 heavy (non-hydrogen) atoms. The van der Waals surface area contributed by atoms with E-state index < -0.39 is 0 Å². The fourth-order valence-corrected chi connectivity index (χ4v) is 3.65. The van der Waals surface area contributed by atoms with Gasteiger partial charge in [-0.15, -0.1) is 0 Å². The molecule has 0 aliphatic heterocycles. The third-order valence-electron chi connectivity index (χ3n) is 4.95. The van der Waals surface area contributed by atoms with Crippen molar-refractivity contribution in [3.63, 3.8) is 0 Å². The number of aryl methyl sites for hydroxylation is 2. The predicted molar refractivity (Wildman–Crippen MR) is 113 cm³/mol. The van der Waals surface area contributed by atoms with Crippen molar-refractivity contribution in [2.75, 3.05) is 0 Å². The maximum Gasteiger partial charge on any atom is 0.0959 e. The summed E-state index contributed by atoms with van der Waals surface area (Å²) >= 11 is 0. The quantitative estimate of drug-likeness (QED) is 0.428. The maximum atomic E-state index is 5.04. The third-order valence-corrected chi connectivity index (χ3v) is 4.95. The van der Waals surface area contributed by atoms with Crippen LogP contribution in [-0.4, -0.2) is 9.78 Å². The smallest absolute Gasteiger partial charge is 0.0959 e. The lowest BCUT2D eigenvalue weighted by Crippen LogP contribution is -2.04. The fourth-order valence-electron chi connectivity index (χ4n) is 3.65. The number of aromatic nitrogens is 2. The molecule has 0 fully saturated rings. The number of hydrogen-bond acceptors (Lipinski definition) is 1. The molecule has 0 unspecified atom stereocenters. The average Bonchev–Trinajstić information content (AvgIpc) is 2.98. The summed E-state index contributed by atoms with van der Waals surface area (Å²) in [5, 5.41) is 5.04. The summed E-state index contributed by atoms with van der Waals surface area (Å²) in [6.45, 7) is 7.21. The molecule has 2 heteroatoms. The highest BCUT2D eigenvalue weighted by Crippen LogP contribution is 2.33. The van der Waals surface area contributed by atoms with E-state index in [9.17, 15) is 0 Å². The van der Waals surface area contributed by atoms with Gasteiger partial charge in [-0.1, -0.05) is 77.9 Å². The van der Waals surface area contributed by atoms with E-state index in [-0.39, 0.29) is 0 Å². The summed E-state index contributed by atoms with van der Waals surface area (Å²) in [6, 6.07) is 27.8. The first kappa shape index (κ1) is 17.3. The van der Waals surface area contributed by atoms with E-state index in [1.165, 1.54) is 39.1 Å². The van der Waals surface area contributed by atoms with Gasteiger partial charge in [0.15, 0.2) is 0 Å². The fraction of sp³-hybridized carbons (Fsp3) is 0.160. The molecule has 3 aromatic carbocycles. The van der Waals surface area contributed by atoms with Gasteiger partial charge in [0.25, 0.3) is 0 Å². The highest BCUT2D eigenvalue weighted by atomic mass is 15.3. The van der Waals surface area contributed by atoms with Gasteiger partial charge in [0, 0.05) is 16.7 Å². The number of rotatable bonds is 4. The lowest BCUT2D eigenvalue weighted by molar-refractivity contribution is 0.696. The van der Waals surface area contributed by atoms with Gasteiger partial charge < -0.3 is 0 Å². The Balaban J connectivity index is 1.89. The van der Waals surface area contributed by atoms with Crippen molar-refractivity contribution in [1.29, 1.82) is 0 Å². The molecule has 0 saturated heterocycles. The zero-order valence-electron chi connectivity index (χ0n) is 16.1. The molecule has 0 atom stereocenters. The van der Waals surface area contributed by atoms with Crippen molar-refractivity contribution in [2.45, 2.75) is 27.3 Å². The Kier molecular flexibility index (Phi) is 4.64. The molecule has 0 aliphatic carbocycles. The Labute approximate surface area is 161 Å². The van der Waals surface area contributed by atoms with Gasteiger partial charge in [-0.2, -0.15) is 5.10 Å². The van der Waals surface area contributed by atoms with Crippen molar-refractivity contribution < 1.29 is 0 Å². The highest BCUT2D eigenvalue weighted by molar-refractivity contribution is 5.74. The van der Waals surface area contributed by atoms with Crippen molar-refractivity contribution in [1.82, 2.24) is 9.78 Å². The molecule has 0 amide bonds. The van der Waals surface area contributed by atoms with E-state index in [2.05, 4.69) is 104 Å². The molecule has 0 spiro atoms. The van der Waals surface area contributed by atoms with E-state index in [1.807, 2.05) is 0 Å². The van der Waals surface area contributed by atoms with Crippen LogP contribution in [-0.2, 0) is 6.54 Å². The molecule has 1 aromatic heterocycles. The van der Waals surface area contributed by atoms with E-state index in [1.54, 1.807) is 0 Å². The molecule has 1 heterocycles. The maximum absolute atomic E-state index is 5.04. The summed E-state index contributed by atoms with van der Waals surface area (Å²) in [5.41, 5.74) is 9.64. The minimum Gasteiger partial charge on any atom is -0.260 e. The standard InChI is InChI=1S/C25H24N2/c1-18-9-7-13-22(15-18)24-20(3)25(23-14-8-10-19(2)16-23)27(26-24)17-21-11-5-4-6-12-21/h4-16H,17H2,1-3H3. The molecule has 0 N–H and O–H groups in total. The molecule has 0 aliphatic rings. The Morgan fingerprint density at radius 3 is 2.00 bits per heavy atom. The second-order valence-electron chi connectivity index (χ2n) is 7.20. The molecule has 0 bridgehead atoms. The lowest BCUT2D eigenvalue weighted by atomic mass is 10.0. The van der Waals surface area contributed by atoms with Crippen LogP contribution in [0.25, 0.3) is 22.5 Å². The molecule has 0 saturated carbocycles. The van der Waals surface area contributed by atoms with E-state index in [4.69, 9.17) is 5.10 Å². The molecule has 4 rings (SSSR count). The zero-order chi connectivity index (χ0) is 18.8. The summed E-state index contributed by atoms with van der Waals surface area (Å²) in [5.74, 6) is 0. The van der Waals surface area contributed by atoms with Gasteiger partial charge in [-0.05, 0) is 38.5 Å². The Morgan fingerprint density at radius 2 is 1.33 bits per heavy atom. The highest BCUT2D eigenvalue weighted by Gasteiger charge is 2.18. The molecule has 0 radical (unpaired) electrons. The second kappa shape index (κ2) is 7.24. The van der Waals surface area contributed by atoms with Gasteiger partial charge in [0.1, 0.15) is 0 Å². The van der Waals surface area contributed by atoms with Crippen LogP contribution in [0.3, 0.4) is 0 Å². The minimum atomic E-state index is 0.761. The summed E-state index contributed by atoms with van der Waals surface area (Å²) in [4.78, 5) is 0. The number of hydrogen-bond donors (Lipinski definition) is 0. The largest absolute Gasteiger partial charge is 0.260 e. The van der Waals surface area contributed by atoms with Crippen LogP contribution in [0.4, 0.5) is 0 Å². The predicted octanol–water partition coefficient (Wildman–Crippen LogP) is 6.19. The molecule has 134 valence electrons. The molecule has 2 nitrogen and oxygen atoms in total. The molecule has 4 aromatic rings. The summed E-state index contributed by atoms with van der Waals surface area (Å²) < 4.78 is 2.15. The van der Waals surface area contributed by atoms with Crippen LogP contribution >= 0.6 is 0 Å². The topological polar surface area (TPSA) is 17.8 Å². The van der Waals surface area contributed by atoms with Gasteiger partial charge >= 0.3 is 0 Å². The van der Waals surface area contributed by atoms with Crippen LogP contribution in [0, 0.1) is 20.8 Å². The summed E-state index contributed by atoms with van der Waals surface area (Å²) in [6.07, 6.45) is 0. The van der Waals surface area contributed by atoms with E-state index >= 15 is 0 Å². The van der Waals surface area contributed by atoms with Gasteiger partial charge in [0.2, 0.25) is 0 Å². The van der Waals surface area contributed by atoms with Gasteiger partial charge in [-0.3, -0.25) is 4.68 Å². The van der Waals surface area contributed by atoms with Crippen molar-refractivity contribution >= 4 is 0 Å². The third kappa shape index (κ3) is 3.56. The van der Waals surface area contributed by atoms with Crippen molar-refractivity contribution in [3.8, 4) is 22.5 Å². The Morgan fingerprint density at radius 1 is 0.704 bits per heavy atom. The van der Waals surface area contributed by atoms with E-state index in [0.717, 1.165) is 12.2 Å². The number of nitrogens with zero attached hydrogens (tertiary/aromatic N) is 2. The monoisotopic (exact) mass is 352 g/mol.